The molecule has 180 valence electrons. The van der Waals surface area contributed by atoms with E-state index in [1.165, 1.54) is 6.07 Å². The second-order valence-electron chi connectivity index (χ2n) is 8.67. The van der Waals surface area contributed by atoms with Crippen LogP contribution >= 0.6 is 0 Å². The lowest BCUT2D eigenvalue weighted by Crippen LogP contribution is -2.45. The van der Waals surface area contributed by atoms with E-state index in [4.69, 9.17) is 4.74 Å². The number of benzene rings is 3. The van der Waals surface area contributed by atoms with Gasteiger partial charge in [-0.05, 0) is 40.3 Å². The van der Waals surface area contributed by atoms with E-state index in [0.717, 1.165) is 22.3 Å². The van der Waals surface area contributed by atoms with Gasteiger partial charge in [0.1, 0.15) is 12.6 Å². The average molecular weight is 473 g/mol. The molecule has 0 saturated heterocycles. The van der Waals surface area contributed by atoms with Crippen molar-refractivity contribution in [2.75, 3.05) is 11.9 Å². The fourth-order valence-electron chi connectivity index (χ4n) is 4.44. The molecule has 3 aromatic carbocycles. The summed E-state index contributed by atoms with van der Waals surface area (Å²) in [5, 5.41) is 14.7. The number of aliphatic carboxylic acids is 1. The van der Waals surface area contributed by atoms with E-state index in [2.05, 4.69) is 22.8 Å². The van der Waals surface area contributed by atoms with Gasteiger partial charge in [-0.1, -0.05) is 80.9 Å². The first-order valence-corrected chi connectivity index (χ1v) is 11.6. The number of hydrogen-bond acceptors (Lipinski definition) is 4. The Morgan fingerprint density at radius 1 is 0.914 bits per heavy atom. The lowest BCUT2D eigenvalue weighted by atomic mass is 9.98. The maximum Gasteiger partial charge on any atom is 0.411 e. The molecule has 35 heavy (non-hydrogen) atoms. The molecule has 7 nitrogen and oxygen atoms in total. The Kier molecular flexibility index (Phi) is 7.15. The fraction of sp³-hybridized carbons (Fsp3) is 0.250. The van der Waals surface area contributed by atoms with Crippen LogP contribution in [0.2, 0.25) is 0 Å². The van der Waals surface area contributed by atoms with Gasteiger partial charge in [-0.2, -0.15) is 0 Å². The summed E-state index contributed by atoms with van der Waals surface area (Å²) in [4.78, 5) is 37.2. The largest absolute Gasteiger partial charge is 0.480 e. The molecule has 0 saturated carbocycles. The zero-order valence-electron chi connectivity index (χ0n) is 19.7. The summed E-state index contributed by atoms with van der Waals surface area (Å²) in [5.41, 5.74) is 4.88. The first-order valence-electron chi connectivity index (χ1n) is 11.6. The zero-order chi connectivity index (χ0) is 24.9. The van der Waals surface area contributed by atoms with Gasteiger partial charge in [-0.15, -0.1) is 0 Å². The van der Waals surface area contributed by atoms with Crippen molar-refractivity contribution in [2.24, 2.45) is 5.92 Å². The van der Waals surface area contributed by atoms with Crippen molar-refractivity contribution in [3.8, 4) is 11.1 Å². The maximum atomic E-state index is 12.9. The number of carbonyl (C=O) groups is 3. The smallest absolute Gasteiger partial charge is 0.411 e. The Bertz CT molecular complexity index is 1210. The van der Waals surface area contributed by atoms with Crippen molar-refractivity contribution < 1.29 is 24.2 Å². The van der Waals surface area contributed by atoms with Gasteiger partial charge >= 0.3 is 12.1 Å². The summed E-state index contributed by atoms with van der Waals surface area (Å²) in [6.45, 7) is 3.77. The molecule has 1 aliphatic carbocycles. The van der Waals surface area contributed by atoms with E-state index in [1.54, 1.807) is 25.1 Å². The molecule has 0 unspecified atom stereocenters. The molecule has 0 fully saturated rings. The number of carboxylic acids is 1. The summed E-state index contributed by atoms with van der Waals surface area (Å²) in [6.07, 6.45) is -0.0968. The summed E-state index contributed by atoms with van der Waals surface area (Å²) >= 11 is 0. The topological polar surface area (TPSA) is 105 Å². The molecule has 0 bridgehead atoms. The molecular weight excluding hydrogens is 444 g/mol. The van der Waals surface area contributed by atoms with Crippen molar-refractivity contribution in [2.45, 2.75) is 32.2 Å². The minimum Gasteiger partial charge on any atom is -0.480 e. The van der Waals surface area contributed by atoms with E-state index in [1.807, 2.05) is 43.3 Å². The minimum atomic E-state index is -1.10. The molecule has 1 aliphatic rings. The fourth-order valence-corrected chi connectivity index (χ4v) is 4.44. The number of amides is 2. The van der Waals surface area contributed by atoms with E-state index >= 15 is 0 Å². The summed E-state index contributed by atoms with van der Waals surface area (Å²) in [7, 11) is 0. The van der Waals surface area contributed by atoms with E-state index in [9.17, 15) is 19.5 Å². The van der Waals surface area contributed by atoms with Gasteiger partial charge in [-0.25, -0.2) is 9.59 Å². The molecular formula is C28H28N2O5. The molecule has 4 rings (SSSR count). The molecule has 0 radical (unpaired) electrons. The van der Waals surface area contributed by atoms with Crippen molar-refractivity contribution in [3.05, 3.63) is 89.5 Å². The van der Waals surface area contributed by atoms with Crippen LogP contribution in [0.25, 0.3) is 11.1 Å². The van der Waals surface area contributed by atoms with Gasteiger partial charge in [0.15, 0.2) is 0 Å². The number of carboxylic acid groups (broad SMARTS) is 1. The quantitative estimate of drug-likeness (QED) is 0.414. The molecule has 0 spiro atoms. The van der Waals surface area contributed by atoms with Gasteiger partial charge in [0, 0.05) is 5.92 Å². The van der Waals surface area contributed by atoms with E-state index in [-0.39, 0.29) is 29.7 Å². The SMILES string of the molecule is CC[C@H](C)[C@H](NC(=O)c1ccccc1NC(=O)OCC1c2ccccc2-c2ccccc21)C(=O)O. The van der Waals surface area contributed by atoms with Crippen LogP contribution in [0.4, 0.5) is 10.5 Å². The van der Waals surface area contributed by atoms with Crippen LogP contribution in [0.5, 0.6) is 0 Å². The lowest BCUT2D eigenvalue weighted by molar-refractivity contribution is -0.140. The minimum absolute atomic E-state index is 0.0847. The van der Waals surface area contributed by atoms with Crippen molar-refractivity contribution >= 4 is 23.7 Å². The molecule has 0 aliphatic heterocycles. The van der Waals surface area contributed by atoms with Crippen LogP contribution in [-0.4, -0.2) is 35.7 Å². The summed E-state index contributed by atoms with van der Waals surface area (Å²) in [5.74, 6) is -2.01. The highest BCUT2D eigenvalue weighted by molar-refractivity contribution is 6.03. The third-order valence-electron chi connectivity index (χ3n) is 6.52. The van der Waals surface area contributed by atoms with Gasteiger partial charge in [0.2, 0.25) is 0 Å². The van der Waals surface area contributed by atoms with E-state index < -0.39 is 24.0 Å². The highest BCUT2D eigenvalue weighted by Crippen LogP contribution is 2.44. The lowest BCUT2D eigenvalue weighted by Gasteiger charge is -2.21. The maximum absolute atomic E-state index is 12.9. The first-order chi connectivity index (χ1) is 16.9. The van der Waals surface area contributed by atoms with Gasteiger partial charge in [-0.3, -0.25) is 10.1 Å². The second kappa shape index (κ2) is 10.4. The number of ether oxygens (including phenoxy) is 1. The number of nitrogens with one attached hydrogen (secondary N) is 2. The second-order valence-corrected chi connectivity index (χ2v) is 8.67. The average Bonchev–Trinajstić information content (AvgIpc) is 3.19. The normalized spacial score (nSPS) is 13.8. The van der Waals surface area contributed by atoms with Crippen LogP contribution in [0.1, 0.15) is 47.7 Å². The monoisotopic (exact) mass is 472 g/mol. The molecule has 3 aromatic rings. The zero-order valence-corrected chi connectivity index (χ0v) is 19.7. The Hall–Kier alpha value is -4.13. The molecule has 2 atom stereocenters. The Morgan fingerprint density at radius 3 is 2.09 bits per heavy atom. The number of para-hydroxylation sites is 1. The van der Waals surface area contributed by atoms with Crippen LogP contribution in [0, 0.1) is 5.92 Å². The number of rotatable bonds is 8. The van der Waals surface area contributed by atoms with Crippen LogP contribution in [0.15, 0.2) is 72.8 Å². The molecule has 7 heteroatoms. The Balaban J connectivity index is 1.45. The number of fused-ring (bicyclic) bond motifs is 3. The standard InChI is InChI=1S/C28H28N2O5/c1-3-17(2)25(27(32)33)30-26(31)22-14-8-9-15-24(22)29-28(34)35-16-23-20-12-6-4-10-18(20)19-11-5-7-13-21(19)23/h4-15,17,23,25H,3,16H2,1-2H3,(H,29,34)(H,30,31)(H,32,33)/t17-,25-/m0/s1. The number of hydrogen-bond donors (Lipinski definition) is 3. The van der Waals surface area contributed by atoms with Gasteiger partial charge in [0.05, 0.1) is 11.3 Å². The predicted octanol–water partition coefficient (Wildman–Crippen LogP) is 5.28. The summed E-state index contributed by atoms with van der Waals surface area (Å²) in [6, 6.07) is 21.5. The Morgan fingerprint density at radius 2 is 1.49 bits per heavy atom. The van der Waals surface area contributed by atoms with Crippen LogP contribution in [0.3, 0.4) is 0 Å². The number of carbonyl (C=O) groups excluding carboxylic acids is 2. The van der Waals surface area contributed by atoms with Crippen molar-refractivity contribution in [1.29, 1.82) is 0 Å². The molecule has 0 heterocycles. The van der Waals surface area contributed by atoms with Gasteiger partial charge in [0.25, 0.3) is 5.91 Å². The molecule has 2 amide bonds. The third-order valence-corrected chi connectivity index (χ3v) is 6.52. The Labute approximate surface area is 204 Å². The van der Waals surface area contributed by atoms with Crippen molar-refractivity contribution in [1.82, 2.24) is 5.32 Å². The van der Waals surface area contributed by atoms with E-state index in [0.29, 0.717) is 6.42 Å². The third kappa shape index (κ3) is 5.04. The summed E-state index contributed by atoms with van der Waals surface area (Å²) < 4.78 is 5.58. The van der Waals surface area contributed by atoms with Gasteiger partial charge < -0.3 is 15.2 Å². The number of anilines is 1. The van der Waals surface area contributed by atoms with Crippen LogP contribution in [-0.2, 0) is 9.53 Å². The molecule has 0 aromatic heterocycles. The highest BCUT2D eigenvalue weighted by atomic mass is 16.5. The predicted molar refractivity (Wildman–Crippen MR) is 133 cm³/mol. The van der Waals surface area contributed by atoms with Crippen LogP contribution < -0.4 is 10.6 Å². The molecule has 3 N–H and O–H groups in total. The van der Waals surface area contributed by atoms with Crippen molar-refractivity contribution in [3.63, 3.8) is 0 Å². The first kappa shape index (κ1) is 24.0. The highest BCUT2D eigenvalue weighted by Gasteiger charge is 2.30.